The standard InChI is InChI=1S/C14H16N2O4S/c1-10-5-3-4-6-11(10)9-16(2)21(19,20)12-7-13(14(17)18)15-8-12/h3-8,15H,9H2,1-2H3,(H,17,18). The van der Waals surface area contributed by atoms with Crippen LogP contribution in [0.2, 0.25) is 0 Å². The van der Waals surface area contributed by atoms with Gasteiger partial charge in [-0.3, -0.25) is 0 Å². The Hall–Kier alpha value is -2.12. The van der Waals surface area contributed by atoms with Gasteiger partial charge < -0.3 is 10.1 Å². The fraction of sp³-hybridized carbons (Fsp3) is 0.214. The molecule has 1 heterocycles. The van der Waals surface area contributed by atoms with Crippen LogP contribution in [0.1, 0.15) is 21.6 Å². The number of nitrogens with one attached hydrogen (secondary N) is 1. The Morgan fingerprint density at radius 3 is 2.57 bits per heavy atom. The van der Waals surface area contributed by atoms with Crippen molar-refractivity contribution < 1.29 is 18.3 Å². The van der Waals surface area contributed by atoms with Gasteiger partial charge in [0.2, 0.25) is 10.0 Å². The second kappa shape index (κ2) is 5.71. The van der Waals surface area contributed by atoms with Crippen molar-refractivity contribution in [3.05, 3.63) is 53.3 Å². The van der Waals surface area contributed by atoms with E-state index in [2.05, 4.69) is 4.98 Å². The highest BCUT2D eigenvalue weighted by Crippen LogP contribution is 2.19. The fourth-order valence-corrected chi connectivity index (χ4v) is 3.08. The molecule has 2 rings (SSSR count). The van der Waals surface area contributed by atoms with Gasteiger partial charge in [0.05, 0.1) is 0 Å². The first-order valence-corrected chi connectivity index (χ1v) is 7.69. The molecular weight excluding hydrogens is 292 g/mol. The van der Waals surface area contributed by atoms with Crippen LogP contribution in [0.3, 0.4) is 0 Å². The first-order chi connectivity index (χ1) is 9.82. The lowest BCUT2D eigenvalue weighted by Crippen LogP contribution is -2.26. The molecule has 112 valence electrons. The van der Waals surface area contributed by atoms with E-state index >= 15 is 0 Å². The van der Waals surface area contributed by atoms with Gasteiger partial charge in [0, 0.05) is 19.8 Å². The number of benzene rings is 1. The average molecular weight is 308 g/mol. The van der Waals surface area contributed by atoms with Crippen molar-refractivity contribution in [3.8, 4) is 0 Å². The molecule has 0 aliphatic rings. The fourth-order valence-electron chi connectivity index (χ4n) is 1.94. The van der Waals surface area contributed by atoms with Crippen LogP contribution in [0.4, 0.5) is 0 Å². The van der Waals surface area contributed by atoms with Gasteiger partial charge in [0.1, 0.15) is 10.6 Å². The number of carbonyl (C=O) groups is 1. The van der Waals surface area contributed by atoms with Crippen LogP contribution in [0.25, 0.3) is 0 Å². The van der Waals surface area contributed by atoms with E-state index < -0.39 is 16.0 Å². The van der Waals surface area contributed by atoms with Crippen molar-refractivity contribution in [2.75, 3.05) is 7.05 Å². The number of aromatic nitrogens is 1. The van der Waals surface area contributed by atoms with E-state index in [-0.39, 0.29) is 17.1 Å². The van der Waals surface area contributed by atoms with Crippen LogP contribution in [0, 0.1) is 6.92 Å². The van der Waals surface area contributed by atoms with Crippen LogP contribution < -0.4 is 0 Å². The minimum atomic E-state index is -3.73. The lowest BCUT2D eigenvalue weighted by atomic mass is 10.1. The molecule has 0 saturated carbocycles. The van der Waals surface area contributed by atoms with Crippen molar-refractivity contribution in [1.82, 2.24) is 9.29 Å². The molecule has 0 bridgehead atoms. The lowest BCUT2D eigenvalue weighted by Gasteiger charge is -2.17. The zero-order valence-electron chi connectivity index (χ0n) is 11.7. The number of aromatic amines is 1. The number of aryl methyl sites for hydroxylation is 1. The number of hydrogen-bond acceptors (Lipinski definition) is 3. The molecule has 21 heavy (non-hydrogen) atoms. The summed E-state index contributed by atoms with van der Waals surface area (Å²) in [4.78, 5) is 13.2. The molecule has 0 aliphatic heterocycles. The van der Waals surface area contributed by atoms with Crippen molar-refractivity contribution in [1.29, 1.82) is 0 Å². The molecule has 0 fully saturated rings. The number of hydrogen-bond donors (Lipinski definition) is 2. The summed E-state index contributed by atoms with van der Waals surface area (Å²) in [5.41, 5.74) is 1.75. The molecule has 2 N–H and O–H groups in total. The van der Waals surface area contributed by atoms with Gasteiger partial charge in [-0.25, -0.2) is 13.2 Å². The largest absolute Gasteiger partial charge is 0.477 e. The predicted molar refractivity (Wildman–Crippen MR) is 77.6 cm³/mol. The van der Waals surface area contributed by atoms with Crippen molar-refractivity contribution in [3.63, 3.8) is 0 Å². The Morgan fingerprint density at radius 1 is 1.33 bits per heavy atom. The van der Waals surface area contributed by atoms with E-state index in [1.807, 2.05) is 31.2 Å². The molecule has 0 unspecified atom stereocenters. The molecule has 2 aromatic rings. The Balaban J connectivity index is 2.26. The summed E-state index contributed by atoms with van der Waals surface area (Å²) in [5.74, 6) is -1.20. The molecule has 6 nitrogen and oxygen atoms in total. The summed E-state index contributed by atoms with van der Waals surface area (Å²) in [5, 5.41) is 8.83. The highest BCUT2D eigenvalue weighted by atomic mass is 32.2. The number of carboxylic acid groups (broad SMARTS) is 1. The zero-order chi connectivity index (χ0) is 15.6. The van der Waals surface area contributed by atoms with E-state index in [0.717, 1.165) is 17.2 Å². The van der Waals surface area contributed by atoms with Gasteiger partial charge in [0.15, 0.2) is 0 Å². The third-order valence-electron chi connectivity index (χ3n) is 3.25. The summed E-state index contributed by atoms with van der Waals surface area (Å²) in [6, 6.07) is 8.63. The van der Waals surface area contributed by atoms with Gasteiger partial charge in [-0.15, -0.1) is 0 Å². The quantitative estimate of drug-likeness (QED) is 0.882. The van der Waals surface area contributed by atoms with Crippen LogP contribution in [0.15, 0.2) is 41.4 Å². The molecule has 1 aromatic carbocycles. The summed E-state index contributed by atoms with van der Waals surface area (Å²) in [6.07, 6.45) is 1.19. The van der Waals surface area contributed by atoms with E-state index in [0.29, 0.717) is 0 Å². The molecule has 0 aliphatic carbocycles. The van der Waals surface area contributed by atoms with E-state index in [9.17, 15) is 13.2 Å². The first kappa shape index (κ1) is 15.3. The second-order valence-corrected chi connectivity index (χ2v) is 6.79. The number of H-pyrrole nitrogens is 1. The number of carboxylic acids is 1. The average Bonchev–Trinajstić information content (AvgIpc) is 2.91. The van der Waals surface area contributed by atoms with Gasteiger partial charge in [0.25, 0.3) is 0 Å². The Bertz CT molecular complexity index is 765. The van der Waals surface area contributed by atoms with Crippen molar-refractivity contribution >= 4 is 16.0 Å². The van der Waals surface area contributed by atoms with Gasteiger partial charge in [-0.05, 0) is 24.1 Å². The molecular formula is C14H16N2O4S. The van der Waals surface area contributed by atoms with Crippen LogP contribution in [-0.2, 0) is 16.6 Å². The number of sulfonamides is 1. The highest BCUT2D eigenvalue weighted by Gasteiger charge is 2.23. The Labute approximate surface area is 123 Å². The maximum absolute atomic E-state index is 12.4. The molecule has 0 saturated heterocycles. The Morgan fingerprint density at radius 2 is 2.00 bits per heavy atom. The minimum Gasteiger partial charge on any atom is -0.477 e. The number of nitrogens with zero attached hydrogens (tertiary/aromatic N) is 1. The maximum Gasteiger partial charge on any atom is 0.352 e. The van der Waals surface area contributed by atoms with E-state index in [1.165, 1.54) is 17.5 Å². The van der Waals surface area contributed by atoms with Gasteiger partial charge in [-0.1, -0.05) is 24.3 Å². The van der Waals surface area contributed by atoms with E-state index in [4.69, 9.17) is 5.11 Å². The lowest BCUT2D eigenvalue weighted by molar-refractivity contribution is 0.0691. The summed E-state index contributed by atoms with van der Waals surface area (Å²) >= 11 is 0. The SMILES string of the molecule is Cc1ccccc1CN(C)S(=O)(=O)c1c[nH]c(C(=O)O)c1. The topological polar surface area (TPSA) is 90.5 Å². The van der Waals surface area contributed by atoms with Crippen LogP contribution >= 0.6 is 0 Å². The second-order valence-electron chi connectivity index (χ2n) is 4.74. The summed E-state index contributed by atoms with van der Waals surface area (Å²) in [7, 11) is -2.26. The predicted octanol–water partition coefficient (Wildman–Crippen LogP) is 1.84. The van der Waals surface area contributed by atoms with Crippen molar-refractivity contribution in [2.24, 2.45) is 0 Å². The summed E-state index contributed by atoms with van der Waals surface area (Å²) < 4.78 is 26.0. The Kier molecular flexibility index (Phi) is 4.15. The molecule has 1 aromatic heterocycles. The van der Waals surface area contributed by atoms with E-state index in [1.54, 1.807) is 0 Å². The molecule has 0 amide bonds. The first-order valence-electron chi connectivity index (χ1n) is 6.25. The summed E-state index contributed by atoms with van der Waals surface area (Å²) in [6.45, 7) is 2.14. The third kappa shape index (κ3) is 3.14. The molecule has 0 spiro atoms. The van der Waals surface area contributed by atoms with Crippen LogP contribution in [-0.4, -0.2) is 35.8 Å². The minimum absolute atomic E-state index is 0.0593. The van der Waals surface area contributed by atoms with Gasteiger partial charge in [-0.2, -0.15) is 4.31 Å². The normalized spacial score (nSPS) is 11.8. The zero-order valence-corrected chi connectivity index (χ0v) is 12.5. The monoisotopic (exact) mass is 308 g/mol. The molecule has 0 radical (unpaired) electrons. The molecule has 7 heteroatoms. The molecule has 0 atom stereocenters. The van der Waals surface area contributed by atoms with Gasteiger partial charge >= 0.3 is 5.97 Å². The smallest absolute Gasteiger partial charge is 0.352 e. The van der Waals surface area contributed by atoms with Crippen LogP contribution in [0.5, 0.6) is 0 Å². The number of aromatic carboxylic acids is 1. The highest BCUT2D eigenvalue weighted by molar-refractivity contribution is 7.89. The third-order valence-corrected chi connectivity index (χ3v) is 5.03. The van der Waals surface area contributed by atoms with Crippen molar-refractivity contribution in [2.45, 2.75) is 18.4 Å². The number of rotatable bonds is 5. The maximum atomic E-state index is 12.4.